The minimum atomic E-state index is -1.90. The van der Waals surface area contributed by atoms with Gasteiger partial charge in [0, 0.05) is 0 Å². The summed E-state index contributed by atoms with van der Waals surface area (Å²) < 4.78 is 15.0. The first-order valence-electron chi connectivity index (χ1n) is 5.40. The Morgan fingerprint density at radius 1 is 1.29 bits per heavy atom. The van der Waals surface area contributed by atoms with Crippen LogP contribution in [0, 0.1) is 6.92 Å². The molecule has 0 fully saturated rings. The summed E-state index contributed by atoms with van der Waals surface area (Å²) in [5.41, 5.74) is 0.871. The van der Waals surface area contributed by atoms with Gasteiger partial charge in [0.1, 0.15) is 0 Å². The van der Waals surface area contributed by atoms with Crippen molar-refractivity contribution in [3.05, 3.63) is 30.0 Å². The van der Waals surface area contributed by atoms with Gasteiger partial charge in [0.25, 0.3) is 0 Å². The second-order valence-electron chi connectivity index (χ2n) is 4.71. The van der Waals surface area contributed by atoms with E-state index in [-0.39, 0.29) is 0 Å². The molecule has 0 spiro atoms. The van der Waals surface area contributed by atoms with E-state index in [0.29, 0.717) is 6.04 Å². The Kier molecular flexibility index (Phi) is 1.94. The van der Waals surface area contributed by atoms with Crippen LogP contribution in [0.3, 0.4) is 0 Å². The molecule has 1 aromatic carbocycles. The number of aryl methyl sites for hydroxylation is 1. The molecule has 0 aliphatic heterocycles. The van der Waals surface area contributed by atoms with Crippen molar-refractivity contribution in [1.29, 1.82) is 0 Å². The summed E-state index contributed by atoms with van der Waals surface area (Å²) in [5, 5.41) is 1.04. The third-order valence-corrected chi connectivity index (χ3v) is 6.66. The Bertz CT molecular complexity index is 508. The molecule has 1 heterocycles. The molecular weight excluding hydrogens is 233 g/mol. The van der Waals surface area contributed by atoms with E-state index < -0.39 is 13.3 Å². The van der Waals surface area contributed by atoms with Crippen LogP contribution in [0.4, 0.5) is 0 Å². The molecule has 0 radical (unpaired) electrons. The predicted molar refractivity (Wildman–Crippen MR) is 63.9 cm³/mol. The molecule has 0 saturated carbocycles. The van der Waals surface area contributed by atoms with E-state index in [2.05, 4.69) is 23.3 Å². The van der Waals surface area contributed by atoms with E-state index in [9.17, 15) is 0 Å². The van der Waals surface area contributed by atoms with Crippen molar-refractivity contribution in [3.8, 4) is 0 Å². The van der Waals surface area contributed by atoms with Gasteiger partial charge >= 0.3 is 88.6 Å². The predicted octanol–water partition coefficient (Wildman–Crippen LogP) is 3.29. The first-order valence-corrected chi connectivity index (χ1v) is 12.2. The Morgan fingerprint density at radius 3 is 2.64 bits per heavy atom. The van der Waals surface area contributed by atoms with Crippen LogP contribution in [0.25, 0.3) is 11.0 Å². The van der Waals surface area contributed by atoms with Crippen LogP contribution in [-0.4, -0.2) is 13.3 Å². The van der Waals surface area contributed by atoms with E-state index in [1.165, 1.54) is 4.40 Å². The summed E-state index contributed by atoms with van der Waals surface area (Å²) in [6.07, 6.45) is 0. The zero-order valence-corrected chi connectivity index (χ0v) is 11.2. The quantitative estimate of drug-likeness (QED) is 0.707. The first kappa shape index (κ1) is 8.60. The molecule has 1 aromatic heterocycles. The fourth-order valence-electron chi connectivity index (χ4n) is 1.74. The van der Waals surface area contributed by atoms with Gasteiger partial charge in [0.05, 0.1) is 0 Å². The van der Waals surface area contributed by atoms with Gasteiger partial charge in [-0.25, -0.2) is 0 Å². The van der Waals surface area contributed by atoms with Crippen molar-refractivity contribution in [1.82, 2.24) is 0 Å². The molecule has 0 N–H and O–H groups in total. The Hall–Kier alpha value is -0.697. The monoisotopic (exact) mass is 251 g/mol. The van der Waals surface area contributed by atoms with Crippen molar-refractivity contribution in [3.63, 3.8) is 0 Å². The van der Waals surface area contributed by atoms with Crippen LogP contribution in [0.1, 0.15) is 7.13 Å². The van der Waals surface area contributed by atoms with Crippen molar-refractivity contribution in [2.45, 2.75) is 24.2 Å². The number of fused-ring (bicyclic) bond motifs is 1. The summed E-state index contributed by atoms with van der Waals surface area (Å²) in [6, 6.07) is 6.73. The number of rotatable bonds is 1. The van der Waals surface area contributed by atoms with Crippen molar-refractivity contribution < 1.29 is 5.79 Å². The topological polar surface area (TPSA) is 13.1 Å². The third kappa shape index (κ3) is 1.61. The van der Waals surface area contributed by atoms with Crippen LogP contribution in [0.5, 0.6) is 0 Å². The average Bonchev–Trinajstić information content (AvgIpc) is 2.41. The Balaban J connectivity index is 2.86. The summed E-state index contributed by atoms with van der Waals surface area (Å²) >= 11 is -1.90. The molecule has 0 bridgehead atoms. The molecule has 2 heteroatoms. The third-order valence-electron chi connectivity index (χ3n) is 2.40. The first-order chi connectivity index (χ1) is 6.91. The van der Waals surface area contributed by atoms with Gasteiger partial charge < -0.3 is 0 Å². The summed E-state index contributed by atoms with van der Waals surface area (Å²) in [7, 11) is 0. The maximum absolute atomic E-state index is 8.03. The van der Waals surface area contributed by atoms with Gasteiger partial charge in [-0.1, -0.05) is 0 Å². The summed E-state index contributed by atoms with van der Waals surface area (Å²) in [4.78, 5) is 0. The van der Waals surface area contributed by atoms with Crippen LogP contribution >= 0.6 is 0 Å². The second kappa shape index (κ2) is 3.16. The molecule has 14 heavy (non-hydrogen) atoms. The van der Waals surface area contributed by atoms with E-state index >= 15 is 0 Å². The molecule has 0 aliphatic carbocycles. The van der Waals surface area contributed by atoms with E-state index in [1.54, 1.807) is 0 Å². The molecule has 0 aliphatic rings. The van der Waals surface area contributed by atoms with E-state index in [0.717, 1.165) is 16.7 Å². The summed E-state index contributed by atoms with van der Waals surface area (Å²) in [5.74, 6) is 7.76. The molecule has 2 rings (SSSR count). The van der Waals surface area contributed by atoms with E-state index in [1.807, 2.05) is 19.1 Å². The van der Waals surface area contributed by atoms with Gasteiger partial charge in [0.15, 0.2) is 0 Å². The zero-order chi connectivity index (χ0) is 11.2. The molecule has 1 nitrogen and oxygen atoms in total. The Labute approximate surface area is 88.9 Å². The normalized spacial score (nSPS) is 13.3. The van der Waals surface area contributed by atoms with Gasteiger partial charge in [-0.3, -0.25) is 0 Å². The zero-order valence-electron chi connectivity index (χ0n) is 10.1. The van der Waals surface area contributed by atoms with Crippen LogP contribution in [-0.2, 0) is 0 Å². The summed E-state index contributed by atoms with van der Waals surface area (Å²) in [6.45, 7) is 1.86. The number of benzene rings is 1. The molecule has 0 unspecified atom stereocenters. The van der Waals surface area contributed by atoms with Crippen LogP contribution in [0.15, 0.2) is 28.7 Å². The molecule has 0 atom stereocenters. The van der Waals surface area contributed by atoms with Crippen molar-refractivity contribution >= 4 is 28.6 Å². The number of hydrogen-bond donors (Lipinski definition) is 0. The standard InChI is InChI=1S/C12H16GeO/c1-9-8-10-11(13(2,3)4)6-5-7-12(10)14-9/h5-8H,1-4H3/i8D. The molecule has 2 aromatic rings. The van der Waals surface area contributed by atoms with Gasteiger partial charge in [-0.15, -0.1) is 0 Å². The fraction of sp³-hybridized carbons (Fsp3) is 0.333. The molecule has 0 amide bonds. The average molecular weight is 250 g/mol. The minimum absolute atomic E-state index is 0.571. The fourth-order valence-corrected chi connectivity index (χ4v) is 4.95. The maximum atomic E-state index is 8.03. The second-order valence-corrected chi connectivity index (χ2v) is 15.3. The Morgan fingerprint density at radius 2 is 2.00 bits per heavy atom. The molecular formula is C12H16GeO. The van der Waals surface area contributed by atoms with Crippen molar-refractivity contribution in [2.24, 2.45) is 0 Å². The molecule has 74 valence electrons. The van der Waals surface area contributed by atoms with Crippen molar-refractivity contribution in [2.75, 3.05) is 0 Å². The van der Waals surface area contributed by atoms with Gasteiger partial charge in [-0.2, -0.15) is 0 Å². The molecule has 0 saturated heterocycles. The number of hydrogen-bond acceptors (Lipinski definition) is 1. The van der Waals surface area contributed by atoms with E-state index in [4.69, 9.17) is 5.79 Å². The van der Waals surface area contributed by atoms with Gasteiger partial charge in [-0.05, 0) is 0 Å². The SMILES string of the molecule is [2H]c1c(C)oc2ccc[c]([Ge]([CH3])([CH3])[CH3])c12. The van der Waals surface area contributed by atoms with Gasteiger partial charge in [0.2, 0.25) is 0 Å². The van der Waals surface area contributed by atoms with Crippen LogP contribution < -0.4 is 4.40 Å². The number of furan rings is 1. The van der Waals surface area contributed by atoms with Crippen LogP contribution in [0.2, 0.25) is 17.3 Å².